The first-order valence-corrected chi connectivity index (χ1v) is 16.9. The number of fused-ring (bicyclic) bond motifs is 3. The number of benzene rings is 9. The first-order valence-electron chi connectivity index (χ1n) is 16.9. The molecular formula is C48H33N. The van der Waals surface area contributed by atoms with Crippen molar-refractivity contribution in [2.75, 3.05) is 4.90 Å². The molecule has 0 radical (unpaired) electrons. The Bertz CT molecular complexity index is 2600. The number of rotatable bonds is 6. The second kappa shape index (κ2) is 12.3. The van der Waals surface area contributed by atoms with E-state index in [1.807, 2.05) is 0 Å². The lowest BCUT2D eigenvalue weighted by atomic mass is 9.90. The zero-order chi connectivity index (χ0) is 32.6. The molecule has 0 fully saturated rings. The lowest BCUT2D eigenvalue weighted by Crippen LogP contribution is -2.13. The molecule has 9 aromatic carbocycles. The Morgan fingerprint density at radius 2 is 0.673 bits per heavy atom. The van der Waals surface area contributed by atoms with Gasteiger partial charge in [0.2, 0.25) is 0 Å². The second-order valence-electron chi connectivity index (χ2n) is 12.5. The third-order valence-corrected chi connectivity index (χ3v) is 9.66. The van der Waals surface area contributed by atoms with Crippen LogP contribution in [0.5, 0.6) is 0 Å². The average molecular weight is 624 g/mol. The predicted molar refractivity (Wildman–Crippen MR) is 210 cm³/mol. The third kappa shape index (κ3) is 5.04. The van der Waals surface area contributed by atoms with Crippen molar-refractivity contribution in [3.05, 3.63) is 200 Å². The van der Waals surface area contributed by atoms with Gasteiger partial charge in [-0.2, -0.15) is 0 Å². The number of hydrogen-bond acceptors (Lipinski definition) is 1. The van der Waals surface area contributed by atoms with Crippen LogP contribution < -0.4 is 4.90 Å². The first kappa shape index (κ1) is 28.8. The second-order valence-corrected chi connectivity index (χ2v) is 12.5. The average Bonchev–Trinajstić information content (AvgIpc) is 3.18. The molecule has 1 nitrogen and oxygen atoms in total. The summed E-state index contributed by atoms with van der Waals surface area (Å²) in [7, 11) is 0. The van der Waals surface area contributed by atoms with Crippen molar-refractivity contribution >= 4 is 49.4 Å². The van der Waals surface area contributed by atoms with Crippen LogP contribution >= 0.6 is 0 Å². The largest absolute Gasteiger partial charge is 0.309 e. The molecule has 0 aliphatic heterocycles. The SMILES string of the molecule is c1ccc(-c2cccc3cccc(-c4ccccc4N(c4ccccc4-c4cccc5ccccc45)c4cccc5ccccc45)c23)cc1. The Morgan fingerprint density at radius 3 is 1.39 bits per heavy atom. The van der Waals surface area contributed by atoms with Gasteiger partial charge in [-0.15, -0.1) is 0 Å². The quantitative estimate of drug-likeness (QED) is 0.178. The topological polar surface area (TPSA) is 3.24 Å². The van der Waals surface area contributed by atoms with Crippen LogP contribution in [0.3, 0.4) is 0 Å². The van der Waals surface area contributed by atoms with Crippen LogP contribution in [-0.4, -0.2) is 0 Å². The molecule has 230 valence electrons. The lowest BCUT2D eigenvalue weighted by molar-refractivity contribution is 1.30. The van der Waals surface area contributed by atoms with Crippen LogP contribution in [0.15, 0.2) is 200 Å². The van der Waals surface area contributed by atoms with Gasteiger partial charge in [0.05, 0.1) is 17.1 Å². The smallest absolute Gasteiger partial charge is 0.0540 e. The standard InChI is InChI=1S/C48H33N/c1-2-16-36(17-3-1)40-28-13-22-37-23-14-30-44(48(37)40)43-27-9-11-32-47(43)49(45-33-15-21-35-19-5-7-25-39(35)45)46-31-10-8-26-42(46)41-29-12-20-34-18-4-6-24-38(34)41/h1-33H. The summed E-state index contributed by atoms with van der Waals surface area (Å²) in [4.78, 5) is 2.48. The van der Waals surface area contributed by atoms with Gasteiger partial charge in [-0.3, -0.25) is 0 Å². The van der Waals surface area contributed by atoms with Crippen molar-refractivity contribution in [3.8, 4) is 33.4 Å². The number of nitrogens with zero attached hydrogens (tertiary/aromatic N) is 1. The van der Waals surface area contributed by atoms with Crippen molar-refractivity contribution in [2.24, 2.45) is 0 Å². The molecule has 0 amide bonds. The van der Waals surface area contributed by atoms with Gasteiger partial charge in [-0.05, 0) is 67.4 Å². The molecule has 0 unspecified atom stereocenters. The summed E-state index contributed by atoms with van der Waals surface area (Å²) in [6, 6.07) is 72.5. The molecule has 1 heteroatoms. The normalized spacial score (nSPS) is 11.3. The van der Waals surface area contributed by atoms with Gasteiger partial charge in [0, 0.05) is 16.5 Å². The van der Waals surface area contributed by atoms with Gasteiger partial charge >= 0.3 is 0 Å². The van der Waals surface area contributed by atoms with Crippen LogP contribution in [0.4, 0.5) is 17.1 Å². The molecule has 0 aromatic heterocycles. The molecule has 0 aliphatic carbocycles. The zero-order valence-corrected chi connectivity index (χ0v) is 27.0. The Balaban J connectivity index is 1.37. The van der Waals surface area contributed by atoms with Crippen LogP contribution in [-0.2, 0) is 0 Å². The Kier molecular flexibility index (Phi) is 7.22. The summed E-state index contributed by atoms with van der Waals surface area (Å²) in [5.41, 5.74) is 10.6. The summed E-state index contributed by atoms with van der Waals surface area (Å²) >= 11 is 0. The van der Waals surface area contributed by atoms with E-state index in [-0.39, 0.29) is 0 Å². The Labute approximate surface area is 287 Å². The van der Waals surface area contributed by atoms with Crippen molar-refractivity contribution in [3.63, 3.8) is 0 Å². The zero-order valence-electron chi connectivity index (χ0n) is 27.0. The van der Waals surface area contributed by atoms with Gasteiger partial charge < -0.3 is 4.90 Å². The van der Waals surface area contributed by atoms with E-state index in [1.165, 1.54) is 65.7 Å². The number of hydrogen-bond donors (Lipinski definition) is 0. The number of para-hydroxylation sites is 2. The lowest BCUT2D eigenvalue weighted by Gasteiger charge is -2.31. The van der Waals surface area contributed by atoms with E-state index in [0.29, 0.717) is 0 Å². The van der Waals surface area contributed by atoms with E-state index in [4.69, 9.17) is 0 Å². The fourth-order valence-electron chi connectivity index (χ4n) is 7.47. The van der Waals surface area contributed by atoms with Gasteiger partial charge in [0.15, 0.2) is 0 Å². The Hall–Kier alpha value is -6.44. The Morgan fingerprint density at radius 1 is 0.245 bits per heavy atom. The molecule has 9 aromatic rings. The minimum Gasteiger partial charge on any atom is -0.309 e. The molecule has 0 saturated carbocycles. The maximum Gasteiger partial charge on any atom is 0.0540 e. The molecule has 0 heterocycles. The summed E-state index contributed by atoms with van der Waals surface area (Å²) in [6.07, 6.45) is 0. The van der Waals surface area contributed by atoms with Crippen molar-refractivity contribution in [1.29, 1.82) is 0 Å². The predicted octanol–water partition coefficient (Wildman–Crippen LogP) is 13.6. The minimum atomic E-state index is 1.13. The summed E-state index contributed by atoms with van der Waals surface area (Å²) < 4.78 is 0. The molecule has 9 rings (SSSR count). The highest BCUT2D eigenvalue weighted by atomic mass is 15.1. The summed E-state index contributed by atoms with van der Waals surface area (Å²) in [5, 5.41) is 7.36. The van der Waals surface area contributed by atoms with Crippen LogP contribution in [0.25, 0.3) is 65.7 Å². The van der Waals surface area contributed by atoms with Crippen LogP contribution in [0.2, 0.25) is 0 Å². The molecule has 0 atom stereocenters. The minimum absolute atomic E-state index is 1.13. The third-order valence-electron chi connectivity index (χ3n) is 9.66. The van der Waals surface area contributed by atoms with Crippen molar-refractivity contribution in [1.82, 2.24) is 0 Å². The fourth-order valence-corrected chi connectivity index (χ4v) is 7.47. The van der Waals surface area contributed by atoms with Crippen molar-refractivity contribution < 1.29 is 0 Å². The van der Waals surface area contributed by atoms with Gasteiger partial charge in [-0.1, -0.05) is 182 Å². The molecule has 0 spiro atoms. The van der Waals surface area contributed by atoms with Crippen LogP contribution in [0.1, 0.15) is 0 Å². The van der Waals surface area contributed by atoms with E-state index in [0.717, 1.165) is 17.1 Å². The molecular weight excluding hydrogens is 591 g/mol. The molecule has 0 N–H and O–H groups in total. The van der Waals surface area contributed by atoms with Gasteiger partial charge in [0.1, 0.15) is 0 Å². The van der Waals surface area contributed by atoms with E-state index >= 15 is 0 Å². The van der Waals surface area contributed by atoms with E-state index in [2.05, 4.69) is 205 Å². The maximum absolute atomic E-state index is 2.48. The number of anilines is 3. The van der Waals surface area contributed by atoms with E-state index in [9.17, 15) is 0 Å². The van der Waals surface area contributed by atoms with E-state index in [1.54, 1.807) is 0 Å². The molecule has 49 heavy (non-hydrogen) atoms. The highest BCUT2D eigenvalue weighted by molar-refractivity contribution is 6.11. The highest BCUT2D eigenvalue weighted by Gasteiger charge is 2.23. The molecule has 0 bridgehead atoms. The molecule has 0 aliphatic rings. The summed E-state index contributed by atoms with van der Waals surface area (Å²) in [5.74, 6) is 0. The monoisotopic (exact) mass is 623 g/mol. The molecule has 0 saturated heterocycles. The van der Waals surface area contributed by atoms with Crippen LogP contribution in [0, 0.1) is 0 Å². The highest BCUT2D eigenvalue weighted by Crippen LogP contribution is 2.49. The van der Waals surface area contributed by atoms with E-state index < -0.39 is 0 Å². The van der Waals surface area contributed by atoms with Gasteiger partial charge in [-0.25, -0.2) is 0 Å². The maximum atomic E-state index is 2.48. The van der Waals surface area contributed by atoms with Crippen molar-refractivity contribution in [2.45, 2.75) is 0 Å². The first-order chi connectivity index (χ1) is 24.3. The summed E-state index contributed by atoms with van der Waals surface area (Å²) in [6.45, 7) is 0. The fraction of sp³-hybridized carbons (Fsp3) is 0. The van der Waals surface area contributed by atoms with Gasteiger partial charge in [0.25, 0.3) is 0 Å².